The van der Waals surface area contributed by atoms with Crippen LogP contribution >= 0.6 is 22.9 Å². The molecule has 9 heteroatoms. The fourth-order valence-corrected chi connectivity index (χ4v) is 4.53. The zero-order valence-corrected chi connectivity index (χ0v) is 14.8. The highest BCUT2D eigenvalue weighted by Gasteiger charge is 2.19. The summed E-state index contributed by atoms with van der Waals surface area (Å²) in [4.78, 5) is 12.7. The number of rotatable bonds is 4. The Bertz CT molecular complexity index is 933. The Balaban J connectivity index is 1.73. The van der Waals surface area contributed by atoms with Crippen LogP contribution < -0.4 is 14.2 Å². The zero-order valence-electron chi connectivity index (χ0n) is 12.4. The summed E-state index contributed by atoms with van der Waals surface area (Å²) in [6.45, 7) is 1.87. The Morgan fingerprint density at radius 1 is 1.33 bits per heavy atom. The molecule has 0 bridgehead atoms. The number of aryl methyl sites for hydroxylation is 1. The number of benzene rings is 1. The lowest BCUT2D eigenvalue weighted by Gasteiger charge is -2.03. The van der Waals surface area contributed by atoms with Crippen molar-refractivity contribution in [3.63, 3.8) is 0 Å². The molecule has 0 saturated heterocycles. The number of hydrogen-bond donors (Lipinski definition) is 1. The third-order valence-electron chi connectivity index (χ3n) is 3.09. The molecule has 1 N–H and O–H groups in total. The van der Waals surface area contributed by atoms with Gasteiger partial charge in [-0.2, -0.15) is 0 Å². The van der Waals surface area contributed by atoms with E-state index in [1.165, 1.54) is 12.1 Å². The van der Waals surface area contributed by atoms with Crippen LogP contribution in [0.5, 0.6) is 11.5 Å². The average Bonchev–Trinajstić information content (AvgIpc) is 3.14. The summed E-state index contributed by atoms with van der Waals surface area (Å²) in [6, 6.07) is 6.37. The molecule has 0 fully saturated rings. The largest absolute Gasteiger partial charge is 0.454 e. The number of amides is 1. The van der Waals surface area contributed by atoms with Gasteiger partial charge in [-0.25, -0.2) is 13.1 Å². The number of halogens is 1. The van der Waals surface area contributed by atoms with Crippen molar-refractivity contribution >= 4 is 44.9 Å². The molecule has 0 atom stereocenters. The molecule has 2 heterocycles. The minimum absolute atomic E-state index is 0.0845. The first-order valence-electron chi connectivity index (χ1n) is 6.75. The molecule has 126 valence electrons. The van der Waals surface area contributed by atoms with E-state index >= 15 is 0 Å². The van der Waals surface area contributed by atoms with Crippen LogP contribution in [0.1, 0.15) is 10.4 Å². The maximum absolute atomic E-state index is 12.1. The molecule has 0 aliphatic carbocycles. The van der Waals surface area contributed by atoms with Gasteiger partial charge in [0.25, 0.3) is 15.9 Å². The van der Waals surface area contributed by atoms with Crippen LogP contribution in [0.3, 0.4) is 0 Å². The first-order valence-corrected chi connectivity index (χ1v) is 9.43. The van der Waals surface area contributed by atoms with E-state index in [9.17, 15) is 13.2 Å². The molecular weight excluding hydrogens is 374 g/mol. The minimum atomic E-state index is -3.86. The first-order chi connectivity index (χ1) is 11.3. The second-order valence-electron chi connectivity index (χ2n) is 4.90. The van der Waals surface area contributed by atoms with Gasteiger partial charge < -0.3 is 9.47 Å². The summed E-state index contributed by atoms with van der Waals surface area (Å²) in [5, 5.41) is 0.353. The van der Waals surface area contributed by atoms with Crippen LogP contribution in [0.25, 0.3) is 6.08 Å². The number of ether oxygens (including phenoxy) is 2. The Labute approximate surface area is 147 Å². The Hall–Kier alpha value is -2.03. The molecule has 0 saturated carbocycles. The molecule has 24 heavy (non-hydrogen) atoms. The van der Waals surface area contributed by atoms with Crippen LogP contribution in [-0.2, 0) is 14.8 Å². The van der Waals surface area contributed by atoms with Gasteiger partial charge in [-0.15, -0.1) is 11.3 Å². The number of fused-ring (bicyclic) bond motifs is 1. The zero-order chi connectivity index (χ0) is 17.3. The topological polar surface area (TPSA) is 81.7 Å². The number of nitrogens with one attached hydrogen (secondary N) is 1. The van der Waals surface area contributed by atoms with Gasteiger partial charge in [0.05, 0.1) is 5.02 Å². The molecule has 0 spiro atoms. The van der Waals surface area contributed by atoms with Gasteiger partial charge in [0.2, 0.25) is 6.79 Å². The lowest BCUT2D eigenvalue weighted by Crippen LogP contribution is -2.28. The van der Waals surface area contributed by atoms with Crippen molar-refractivity contribution < 1.29 is 22.7 Å². The summed E-state index contributed by atoms with van der Waals surface area (Å²) in [6.07, 6.45) is 2.56. The SMILES string of the molecule is Cc1ccc(S(=O)(=O)NC(=O)/C=C/c2cc(Cl)c3c(c2)OCO3)s1. The number of thiophene rings is 1. The molecule has 1 aromatic carbocycles. The molecule has 1 amide bonds. The van der Waals surface area contributed by atoms with Crippen molar-refractivity contribution in [1.29, 1.82) is 0 Å². The average molecular weight is 386 g/mol. The lowest BCUT2D eigenvalue weighted by molar-refractivity contribution is -0.114. The fourth-order valence-electron chi connectivity index (χ4n) is 2.03. The van der Waals surface area contributed by atoms with E-state index in [1.54, 1.807) is 25.1 Å². The number of carbonyl (C=O) groups excluding carboxylic acids is 1. The molecule has 0 unspecified atom stereocenters. The Morgan fingerprint density at radius 3 is 2.83 bits per heavy atom. The van der Waals surface area contributed by atoms with Crippen molar-refractivity contribution in [3.05, 3.63) is 45.8 Å². The summed E-state index contributed by atoms with van der Waals surface area (Å²) < 4.78 is 36.6. The minimum Gasteiger partial charge on any atom is -0.454 e. The van der Waals surface area contributed by atoms with Gasteiger partial charge in [-0.1, -0.05) is 11.6 Å². The first kappa shape index (κ1) is 16.8. The highest BCUT2D eigenvalue weighted by molar-refractivity contribution is 7.92. The molecule has 3 rings (SSSR count). The molecule has 0 radical (unpaired) electrons. The number of sulfonamides is 1. The summed E-state index contributed by atoms with van der Waals surface area (Å²) in [5.41, 5.74) is 0.587. The van der Waals surface area contributed by atoms with Crippen molar-refractivity contribution in [2.45, 2.75) is 11.1 Å². The third-order valence-corrected chi connectivity index (χ3v) is 6.21. The predicted molar refractivity (Wildman–Crippen MR) is 91.0 cm³/mol. The van der Waals surface area contributed by atoms with Crippen LogP contribution in [0.15, 0.2) is 34.6 Å². The van der Waals surface area contributed by atoms with Crippen LogP contribution in [0, 0.1) is 6.92 Å². The number of carbonyl (C=O) groups is 1. The second-order valence-corrected chi connectivity index (χ2v) is 8.51. The number of hydrogen-bond acceptors (Lipinski definition) is 6. The van der Waals surface area contributed by atoms with E-state index in [4.69, 9.17) is 21.1 Å². The smallest absolute Gasteiger partial charge is 0.273 e. The van der Waals surface area contributed by atoms with E-state index in [0.29, 0.717) is 22.1 Å². The fraction of sp³-hybridized carbons (Fsp3) is 0.133. The molecule has 6 nitrogen and oxygen atoms in total. The molecule has 1 aliphatic rings. The highest BCUT2D eigenvalue weighted by atomic mass is 35.5. The van der Waals surface area contributed by atoms with E-state index in [2.05, 4.69) is 0 Å². The Kier molecular flexibility index (Phi) is 4.53. The lowest BCUT2D eigenvalue weighted by atomic mass is 10.2. The molecule has 1 aromatic heterocycles. The van der Waals surface area contributed by atoms with Gasteiger partial charge in [0, 0.05) is 11.0 Å². The predicted octanol–water partition coefficient (Wildman–Crippen LogP) is 2.96. The summed E-state index contributed by atoms with van der Waals surface area (Å²) in [5.74, 6) is 0.174. The second kappa shape index (κ2) is 6.46. The van der Waals surface area contributed by atoms with Crippen LogP contribution in [0.2, 0.25) is 5.02 Å². The molecule has 2 aromatic rings. The summed E-state index contributed by atoms with van der Waals surface area (Å²) in [7, 11) is -3.86. The van der Waals surface area contributed by atoms with Gasteiger partial charge in [0.1, 0.15) is 4.21 Å². The van der Waals surface area contributed by atoms with Crippen molar-refractivity contribution in [3.8, 4) is 11.5 Å². The maximum Gasteiger partial charge on any atom is 0.273 e. The highest BCUT2D eigenvalue weighted by Crippen LogP contribution is 2.40. The quantitative estimate of drug-likeness (QED) is 0.818. The van der Waals surface area contributed by atoms with E-state index < -0.39 is 15.9 Å². The standard InChI is InChI=1S/C15H12ClNO5S2/c1-9-2-5-14(23-9)24(19,20)17-13(18)4-3-10-6-11(16)15-12(7-10)21-8-22-15/h2-7H,8H2,1H3,(H,17,18)/b4-3+. The summed E-state index contributed by atoms with van der Waals surface area (Å²) >= 11 is 7.14. The van der Waals surface area contributed by atoms with Gasteiger partial charge in [0.15, 0.2) is 11.5 Å². The molecule has 1 aliphatic heterocycles. The van der Waals surface area contributed by atoms with E-state index in [-0.39, 0.29) is 11.0 Å². The van der Waals surface area contributed by atoms with E-state index in [0.717, 1.165) is 22.3 Å². The molecular formula is C15H12ClNO5S2. The van der Waals surface area contributed by atoms with Gasteiger partial charge in [-0.3, -0.25) is 4.79 Å². The maximum atomic E-state index is 12.1. The van der Waals surface area contributed by atoms with Crippen LogP contribution in [-0.4, -0.2) is 21.1 Å². The van der Waals surface area contributed by atoms with Crippen molar-refractivity contribution in [2.24, 2.45) is 0 Å². The Morgan fingerprint density at radius 2 is 2.12 bits per heavy atom. The normalized spacial score (nSPS) is 13.4. The van der Waals surface area contributed by atoms with Crippen molar-refractivity contribution in [2.75, 3.05) is 6.79 Å². The third kappa shape index (κ3) is 3.55. The van der Waals surface area contributed by atoms with Crippen LogP contribution in [0.4, 0.5) is 0 Å². The van der Waals surface area contributed by atoms with Gasteiger partial charge >= 0.3 is 0 Å². The van der Waals surface area contributed by atoms with E-state index in [1.807, 2.05) is 4.72 Å². The van der Waals surface area contributed by atoms with Gasteiger partial charge in [-0.05, 0) is 42.8 Å². The van der Waals surface area contributed by atoms with Crippen molar-refractivity contribution in [1.82, 2.24) is 4.72 Å². The monoisotopic (exact) mass is 385 g/mol.